The number of nitrogens with zero attached hydrogens (tertiary/aromatic N) is 6. The number of fused-ring (bicyclic) bond motifs is 1. The first kappa shape index (κ1) is 24.2. The molecule has 0 bridgehead atoms. The molecule has 2 aromatic carbocycles. The summed E-state index contributed by atoms with van der Waals surface area (Å²) in [5.41, 5.74) is 6.04. The van der Waals surface area contributed by atoms with Crippen molar-refractivity contribution in [1.29, 1.82) is 0 Å². The minimum absolute atomic E-state index is 0.0986. The molecule has 0 saturated carbocycles. The van der Waals surface area contributed by atoms with Crippen LogP contribution in [0.15, 0.2) is 47.3 Å². The van der Waals surface area contributed by atoms with Crippen LogP contribution in [0.2, 0.25) is 0 Å². The van der Waals surface area contributed by atoms with Gasteiger partial charge in [0.05, 0.1) is 5.54 Å². The van der Waals surface area contributed by atoms with Crippen molar-refractivity contribution in [2.75, 3.05) is 31.1 Å². The van der Waals surface area contributed by atoms with E-state index in [0.717, 1.165) is 42.6 Å². The Morgan fingerprint density at radius 2 is 1.61 bits per heavy atom. The van der Waals surface area contributed by atoms with Crippen molar-refractivity contribution < 1.29 is 0 Å². The highest BCUT2D eigenvalue weighted by molar-refractivity contribution is 5.79. The van der Waals surface area contributed by atoms with E-state index in [4.69, 9.17) is 0 Å². The van der Waals surface area contributed by atoms with Gasteiger partial charge in [0.1, 0.15) is 6.04 Å². The fourth-order valence-electron chi connectivity index (χ4n) is 5.16. The summed E-state index contributed by atoms with van der Waals surface area (Å²) in [6.45, 7) is 15.9. The predicted molar refractivity (Wildman–Crippen MR) is 144 cm³/mol. The zero-order valence-corrected chi connectivity index (χ0v) is 22.0. The lowest BCUT2D eigenvalue weighted by molar-refractivity contribution is 0.190. The number of piperazine rings is 1. The van der Waals surface area contributed by atoms with Gasteiger partial charge in [-0.3, -0.25) is 9.69 Å². The van der Waals surface area contributed by atoms with E-state index < -0.39 is 0 Å². The Hall–Kier alpha value is -3.52. The quantitative estimate of drug-likeness (QED) is 0.469. The largest absolute Gasteiger partial charge is 0.369 e. The summed E-state index contributed by atoms with van der Waals surface area (Å²) < 4.78 is 1.85. The number of rotatable bonds is 4. The Labute approximate surface area is 211 Å². The van der Waals surface area contributed by atoms with Gasteiger partial charge in [0, 0.05) is 42.9 Å². The number of pyridine rings is 1. The van der Waals surface area contributed by atoms with Gasteiger partial charge in [0.15, 0.2) is 5.82 Å². The number of tetrazole rings is 1. The first-order valence-corrected chi connectivity index (χ1v) is 12.6. The summed E-state index contributed by atoms with van der Waals surface area (Å²) in [5, 5.41) is 13.8. The van der Waals surface area contributed by atoms with Crippen molar-refractivity contribution in [3.8, 4) is 0 Å². The second-order valence-electron chi connectivity index (χ2n) is 11.0. The molecule has 2 aromatic heterocycles. The van der Waals surface area contributed by atoms with Crippen LogP contribution < -0.4 is 10.5 Å². The molecule has 0 amide bonds. The van der Waals surface area contributed by atoms with Crippen molar-refractivity contribution in [3.63, 3.8) is 0 Å². The van der Waals surface area contributed by atoms with E-state index in [-0.39, 0.29) is 17.1 Å². The molecule has 1 atom stereocenters. The van der Waals surface area contributed by atoms with Crippen molar-refractivity contribution in [1.82, 2.24) is 30.1 Å². The lowest BCUT2D eigenvalue weighted by atomic mass is 10.0. The van der Waals surface area contributed by atoms with Gasteiger partial charge in [0.25, 0.3) is 5.56 Å². The van der Waals surface area contributed by atoms with Crippen LogP contribution in [0.5, 0.6) is 0 Å². The highest BCUT2D eigenvalue weighted by atomic mass is 16.1. The normalized spacial score (nSPS) is 16.0. The second kappa shape index (κ2) is 9.17. The number of aryl methyl sites for hydroxylation is 3. The van der Waals surface area contributed by atoms with Gasteiger partial charge in [-0.25, -0.2) is 4.68 Å². The smallest absolute Gasteiger partial charge is 0.253 e. The second-order valence-corrected chi connectivity index (χ2v) is 11.0. The lowest BCUT2D eigenvalue weighted by Gasteiger charge is -2.40. The van der Waals surface area contributed by atoms with Gasteiger partial charge in [-0.1, -0.05) is 24.3 Å². The van der Waals surface area contributed by atoms with E-state index in [1.807, 2.05) is 23.7 Å². The first-order chi connectivity index (χ1) is 17.1. The average molecular weight is 486 g/mol. The van der Waals surface area contributed by atoms with Crippen LogP contribution in [-0.2, 0) is 5.54 Å². The van der Waals surface area contributed by atoms with Crippen LogP contribution in [0.4, 0.5) is 5.69 Å². The number of hydrogen-bond acceptors (Lipinski definition) is 6. The molecule has 8 heteroatoms. The van der Waals surface area contributed by atoms with E-state index in [1.54, 1.807) is 0 Å². The third-order valence-electron chi connectivity index (χ3n) is 7.08. The summed E-state index contributed by atoms with van der Waals surface area (Å²) in [6, 6.07) is 14.4. The molecule has 0 spiro atoms. The Morgan fingerprint density at radius 1 is 0.917 bits per heavy atom. The highest BCUT2D eigenvalue weighted by Gasteiger charge is 2.35. The molecule has 1 fully saturated rings. The summed E-state index contributed by atoms with van der Waals surface area (Å²) in [7, 11) is 0. The molecule has 1 aliphatic rings. The molecule has 188 valence electrons. The van der Waals surface area contributed by atoms with Crippen molar-refractivity contribution in [2.24, 2.45) is 0 Å². The van der Waals surface area contributed by atoms with Crippen molar-refractivity contribution in [3.05, 3.63) is 80.9 Å². The molecule has 0 radical (unpaired) electrons. The van der Waals surface area contributed by atoms with E-state index >= 15 is 0 Å². The number of aromatic amines is 1. The van der Waals surface area contributed by atoms with Crippen LogP contribution in [-0.4, -0.2) is 56.3 Å². The van der Waals surface area contributed by atoms with Crippen LogP contribution in [0.3, 0.4) is 0 Å². The maximum atomic E-state index is 13.5. The topological polar surface area (TPSA) is 82.9 Å². The van der Waals surface area contributed by atoms with Crippen LogP contribution in [0, 0.1) is 20.8 Å². The third kappa shape index (κ3) is 4.53. The maximum Gasteiger partial charge on any atom is 0.253 e. The molecule has 1 N–H and O–H groups in total. The maximum absolute atomic E-state index is 13.5. The zero-order chi connectivity index (χ0) is 25.6. The molecular weight excluding hydrogens is 450 g/mol. The molecule has 1 saturated heterocycles. The minimum Gasteiger partial charge on any atom is -0.369 e. The number of benzene rings is 2. The Balaban J connectivity index is 1.55. The molecule has 3 heterocycles. The monoisotopic (exact) mass is 485 g/mol. The van der Waals surface area contributed by atoms with Gasteiger partial charge >= 0.3 is 0 Å². The predicted octanol–water partition coefficient (Wildman–Crippen LogP) is 4.11. The lowest BCUT2D eigenvalue weighted by Crippen LogP contribution is -2.49. The molecule has 1 aliphatic heterocycles. The summed E-state index contributed by atoms with van der Waals surface area (Å²) in [6.07, 6.45) is 0. The van der Waals surface area contributed by atoms with Crippen LogP contribution in [0.1, 0.15) is 54.9 Å². The van der Waals surface area contributed by atoms with Gasteiger partial charge < -0.3 is 9.88 Å². The molecule has 5 rings (SSSR count). The number of H-pyrrole nitrogens is 1. The van der Waals surface area contributed by atoms with Crippen molar-refractivity contribution in [2.45, 2.75) is 53.1 Å². The van der Waals surface area contributed by atoms with Gasteiger partial charge in [-0.2, -0.15) is 0 Å². The van der Waals surface area contributed by atoms with E-state index in [1.165, 1.54) is 16.8 Å². The van der Waals surface area contributed by atoms with Crippen molar-refractivity contribution >= 4 is 16.6 Å². The average Bonchev–Trinajstić information content (AvgIpc) is 3.32. The minimum atomic E-state index is -0.352. The number of aromatic nitrogens is 5. The number of anilines is 1. The zero-order valence-electron chi connectivity index (χ0n) is 22.0. The highest BCUT2D eigenvalue weighted by Crippen LogP contribution is 2.31. The van der Waals surface area contributed by atoms with E-state index in [9.17, 15) is 4.79 Å². The van der Waals surface area contributed by atoms with Gasteiger partial charge in [0.2, 0.25) is 0 Å². The van der Waals surface area contributed by atoms with E-state index in [2.05, 4.69) is 95.3 Å². The molecule has 4 aromatic rings. The summed E-state index contributed by atoms with van der Waals surface area (Å²) in [4.78, 5) is 21.4. The summed E-state index contributed by atoms with van der Waals surface area (Å²) >= 11 is 0. The SMILES string of the molecule is Cc1ccc(C)c(N2CCN(C(c3cc4ccc(C)cc4[nH]c3=O)c3nnnn3C(C)(C)C)CC2)c1. The first-order valence-electron chi connectivity index (χ1n) is 12.6. The number of nitrogens with one attached hydrogen (secondary N) is 1. The fraction of sp³-hybridized carbons (Fsp3) is 0.429. The Kier molecular flexibility index (Phi) is 6.16. The van der Waals surface area contributed by atoms with Crippen LogP contribution >= 0.6 is 0 Å². The van der Waals surface area contributed by atoms with Crippen LogP contribution in [0.25, 0.3) is 10.9 Å². The molecule has 8 nitrogen and oxygen atoms in total. The fourth-order valence-corrected chi connectivity index (χ4v) is 5.16. The third-order valence-corrected chi connectivity index (χ3v) is 7.08. The van der Waals surface area contributed by atoms with Gasteiger partial charge in [-0.15, -0.1) is 5.10 Å². The summed E-state index contributed by atoms with van der Waals surface area (Å²) in [5.74, 6) is 0.694. The molecule has 36 heavy (non-hydrogen) atoms. The number of hydrogen-bond donors (Lipinski definition) is 1. The van der Waals surface area contributed by atoms with Gasteiger partial charge in [-0.05, 0) is 92.2 Å². The molecule has 1 unspecified atom stereocenters. The standard InChI is InChI=1S/C28H35N7O/c1-18-8-10-21-17-22(27(36)29-23(21)15-18)25(26-30-31-32-35(26)28(4,5)6)34-13-11-33(12-14-34)24-16-19(2)7-9-20(24)3/h7-10,15-17,25H,11-14H2,1-6H3,(H,29,36). The molecular formula is C28H35N7O. The van der Waals surface area contributed by atoms with E-state index in [0.29, 0.717) is 11.4 Å². The Bertz CT molecular complexity index is 1460. The Morgan fingerprint density at radius 3 is 2.33 bits per heavy atom. The molecule has 0 aliphatic carbocycles.